The molecule has 4 aromatic heterocycles. The summed E-state index contributed by atoms with van der Waals surface area (Å²) in [6.45, 7) is 8.45. The first-order valence-electron chi connectivity index (χ1n) is 19.2. The van der Waals surface area contributed by atoms with E-state index in [0.29, 0.717) is 29.4 Å². The Labute approximate surface area is 334 Å². The van der Waals surface area contributed by atoms with Crippen molar-refractivity contribution in [2.24, 2.45) is 9.98 Å². The normalized spacial score (nSPS) is 16.9. The Hall–Kier alpha value is -7.45. The van der Waals surface area contributed by atoms with Crippen molar-refractivity contribution < 1.29 is 4.39 Å². The molecule has 2 aliphatic rings. The Balaban J connectivity index is 1.12. The highest BCUT2D eigenvalue weighted by Gasteiger charge is 2.34. The van der Waals surface area contributed by atoms with Crippen LogP contribution in [-0.2, 0) is 5.41 Å². The summed E-state index contributed by atoms with van der Waals surface area (Å²) in [5, 5.41) is 7.39. The highest BCUT2D eigenvalue weighted by atomic mass is 19.1. The predicted octanol–water partition coefficient (Wildman–Crippen LogP) is 11.5. The number of pyridine rings is 4. The quantitative estimate of drug-likeness (QED) is 0.171. The number of nitrogens with one attached hydrogen (secondary N) is 1. The minimum Gasteiger partial charge on any atom is -0.344 e. The van der Waals surface area contributed by atoms with Gasteiger partial charge in [0.25, 0.3) is 0 Å². The average Bonchev–Trinajstić information content (AvgIpc) is 3.50. The van der Waals surface area contributed by atoms with Crippen LogP contribution in [0.3, 0.4) is 0 Å². The van der Waals surface area contributed by atoms with Crippen LogP contribution >= 0.6 is 0 Å². The molecule has 1 N–H and O–H groups in total. The van der Waals surface area contributed by atoms with Gasteiger partial charge in [0, 0.05) is 74.6 Å². The van der Waals surface area contributed by atoms with Crippen molar-refractivity contribution in [1.82, 2.24) is 25.3 Å². The molecule has 1 aliphatic carbocycles. The first-order chi connectivity index (χ1) is 28.3. The summed E-state index contributed by atoms with van der Waals surface area (Å²) in [5.41, 5.74) is 10.2. The third-order valence-corrected chi connectivity index (χ3v) is 11.2. The molecule has 4 aromatic carbocycles. The third-order valence-electron chi connectivity index (χ3n) is 11.2. The zero-order valence-electron chi connectivity index (χ0n) is 31.9. The Morgan fingerprint density at radius 2 is 1.36 bits per heavy atom. The van der Waals surface area contributed by atoms with Gasteiger partial charge in [-0.1, -0.05) is 104 Å². The largest absolute Gasteiger partial charge is 0.344 e. The Bertz CT molecular complexity index is 3180. The fourth-order valence-corrected chi connectivity index (χ4v) is 8.25. The highest BCUT2D eigenvalue weighted by molar-refractivity contribution is 6.17. The summed E-state index contributed by atoms with van der Waals surface area (Å²) >= 11 is 0. The molecule has 0 radical (unpaired) electrons. The fourth-order valence-electron chi connectivity index (χ4n) is 8.25. The monoisotopic (exact) mass is 753 g/mol. The number of benzene rings is 4. The maximum absolute atomic E-state index is 16.4. The van der Waals surface area contributed by atoms with Gasteiger partial charge in [0.05, 0.1) is 27.8 Å². The molecule has 0 saturated carbocycles. The molecule has 0 amide bonds. The second kappa shape index (κ2) is 13.9. The summed E-state index contributed by atoms with van der Waals surface area (Å²) in [6.07, 6.45) is 12.9. The van der Waals surface area contributed by atoms with Crippen molar-refractivity contribution in [3.63, 3.8) is 0 Å². The van der Waals surface area contributed by atoms with E-state index < -0.39 is 5.41 Å². The van der Waals surface area contributed by atoms with Crippen molar-refractivity contribution >= 4 is 66.6 Å². The Morgan fingerprint density at radius 3 is 2.10 bits per heavy atom. The topological polar surface area (TPSA) is 88.3 Å². The van der Waals surface area contributed by atoms with E-state index in [1.165, 1.54) is 0 Å². The van der Waals surface area contributed by atoms with Crippen LogP contribution in [-0.4, -0.2) is 31.6 Å². The van der Waals surface area contributed by atoms with Crippen LogP contribution in [0.4, 0.5) is 4.39 Å². The summed E-state index contributed by atoms with van der Waals surface area (Å²) in [6, 6.07) is 36.5. The molecular weight excluding hydrogens is 718 g/mol. The number of halogens is 1. The molecule has 1 atom stereocenters. The molecule has 58 heavy (non-hydrogen) atoms. The van der Waals surface area contributed by atoms with Gasteiger partial charge in [-0.15, -0.1) is 0 Å². The van der Waals surface area contributed by atoms with Crippen molar-refractivity contribution in [3.05, 3.63) is 193 Å². The molecule has 0 bridgehead atoms. The van der Waals surface area contributed by atoms with Gasteiger partial charge < -0.3 is 5.32 Å². The number of hydrogen-bond donors (Lipinski definition) is 1. The van der Waals surface area contributed by atoms with E-state index in [4.69, 9.17) is 20.0 Å². The average molecular weight is 754 g/mol. The number of allylic oxidation sites excluding steroid dienone is 4. The summed E-state index contributed by atoms with van der Waals surface area (Å²) in [5.74, 6) is 0.459. The lowest BCUT2D eigenvalue weighted by Crippen LogP contribution is -2.30. The van der Waals surface area contributed by atoms with Crippen LogP contribution in [0, 0.1) is 0 Å². The maximum Gasteiger partial charge on any atom is 0.162 e. The van der Waals surface area contributed by atoms with Gasteiger partial charge in [-0.25, -0.2) is 14.4 Å². The first kappa shape index (κ1) is 35.0. The van der Waals surface area contributed by atoms with Crippen LogP contribution in [0.5, 0.6) is 0 Å². The number of aliphatic imine (C=N–C) groups is 2. The minimum absolute atomic E-state index is 0.334. The maximum atomic E-state index is 16.4. The molecule has 0 fully saturated rings. The number of fused-ring (bicyclic) bond motifs is 6. The number of rotatable bonds is 6. The van der Waals surface area contributed by atoms with E-state index in [1.807, 2.05) is 98.3 Å². The van der Waals surface area contributed by atoms with Gasteiger partial charge in [0.1, 0.15) is 11.7 Å². The number of hydrogen-bond acceptors (Lipinski definition) is 7. The Morgan fingerprint density at radius 1 is 0.672 bits per heavy atom. The molecule has 7 nitrogen and oxygen atoms in total. The van der Waals surface area contributed by atoms with Crippen molar-refractivity contribution in [2.75, 3.05) is 0 Å². The summed E-state index contributed by atoms with van der Waals surface area (Å²) < 4.78 is 16.4. The lowest BCUT2D eigenvalue weighted by Gasteiger charge is -2.32. The van der Waals surface area contributed by atoms with Crippen LogP contribution in [0.15, 0.2) is 180 Å². The number of amidine groups is 2. The molecule has 8 heteroatoms. The predicted molar refractivity (Wildman–Crippen MR) is 235 cm³/mol. The first-order valence-corrected chi connectivity index (χ1v) is 19.2. The van der Waals surface area contributed by atoms with Gasteiger partial charge in [-0.05, 0) is 72.0 Å². The molecule has 8 aromatic rings. The van der Waals surface area contributed by atoms with Crippen LogP contribution in [0.2, 0.25) is 0 Å². The lowest BCUT2D eigenvalue weighted by atomic mass is 9.73. The minimum atomic E-state index is -0.599. The van der Waals surface area contributed by atoms with Gasteiger partial charge in [0.15, 0.2) is 5.84 Å². The smallest absolute Gasteiger partial charge is 0.162 e. The third kappa shape index (κ3) is 5.97. The van der Waals surface area contributed by atoms with Gasteiger partial charge in [-0.2, -0.15) is 0 Å². The van der Waals surface area contributed by atoms with E-state index in [1.54, 1.807) is 18.5 Å². The molecule has 1 unspecified atom stereocenters. The van der Waals surface area contributed by atoms with E-state index in [-0.39, 0.29) is 5.83 Å². The van der Waals surface area contributed by atoms with Crippen molar-refractivity contribution in [3.8, 4) is 11.1 Å². The SMILES string of the molecule is C=C(C)c1ccc(-c2ccnc3c2ccc2cccnc23)cc1C1=NC(c2ccccc2)=CNC(C2=C(F)C=CC(C)(c3ccnc4c3ccc3cccnc34)C2)=N1. The molecule has 1 aliphatic heterocycles. The molecule has 0 saturated heterocycles. The summed E-state index contributed by atoms with van der Waals surface area (Å²) in [4.78, 5) is 29.3. The highest BCUT2D eigenvalue weighted by Crippen LogP contribution is 2.42. The standard InChI is InChI=1S/C50H36FN7/c1-30(2)35-16-15-34(36-20-25-54-46-37(36)17-13-32-11-7-23-52-44(32)46)27-39(35)49-57-43(31-9-5-4-6-10-31)29-56-48(58-49)40-28-50(3,22-19-42(40)51)41-21-26-55-47-38(41)18-14-33-12-8-24-53-45(33)47/h4-27,29H,1,28H2,2-3H3,(H,56,57,58). The second-order valence-corrected chi connectivity index (χ2v) is 15.0. The molecule has 10 rings (SSSR count). The Kier molecular flexibility index (Phi) is 8.41. The second-order valence-electron chi connectivity index (χ2n) is 15.0. The van der Waals surface area contributed by atoms with Gasteiger partial charge >= 0.3 is 0 Å². The molecule has 5 heterocycles. The molecule has 0 spiro atoms. The molecule has 278 valence electrons. The zero-order chi connectivity index (χ0) is 39.4. The number of aromatic nitrogens is 4. The van der Waals surface area contributed by atoms with E-state index in [0.717, 1.165) is 82.6 Å². The van der Waals surface area contributed by atoms with E-state index >= 15 is 4.39 Å². The fraction of sp³-hybridized carbons (Fsp3) is 0.0800. The van der Waals surface area contributed by atoms with Crippen molar-refractivity contribution in [2.45, 2.75) is 25.7 Å². The van der Waals surface area contributed by atoms with E-state index in [9.17, 15) is 0 Å². The van der Waals surface area contributed by atoms with E-state index in [2.05, 4.69) is 71.3 Å². The van der Waals surface area contributed by atoms with Crippen molar-refractivity contribution in [1.29, 1.82) is 0 Å². The van der Waals surface area contributed by atoms with Crippen LogP contribution < -0.4 is 5.32 Å². The molecular formula is C50H36FN7. The van der Waals surface area contributed by atoms with Gasteiger partial charge in [0.2, 0.25) is 0 Å². The van der Waals surface area contributed by atoms with Crippen LogP contribution in [0.1, 0.15) is 42.5 Å². The van der Waals surface area contributed by atoms with Gasteiger partial charge in [-0.3, -0.25) is 19.9 Å². The lowest BCUT2D eigenvalue weighted by molar-refractivity contribution is 0.554. The number of nitrogens with zero attached hydrogens (tertiary/aromatic N) is 6. The van der Waals surface area contributed by atoms with Crippen LogP contribution in [0.25, 0.3) is 66.0 Å². The summed E-state index contributed by atoms with van der Waals surface area (Å²) in [7, 11) is 0. The zero-order valence-corrected chi connectivity index (χ0v) is 31.9.